The molecule has 8 nitrogen and oxygen atoms in total. The second kappa shape index (κ2) is 12.7. The molecule has 0 aromatic heterocycles. The highest BCUT2D eigenvalue weighted by atomic mass is 79.9. The number of carbonyl (C=O) groups is 4. The van der Waals surface area contributed by atoms with Gasteiger partial charge in [0.25, 0.3) is 0 Å². The maximum absolute atomic E-state index is 13.2. The molecule has 0 heterocycles. The summed E-state index contributed by atoms with van der Waals surface area (Å²) >= 11 is 3.38. The largest absolute Gasteiger partial charge is 0.465 e. The minimum atomic E-state index is -0.733. The molecule has 0 aliphatic heterocycles. The number of amides is 1. The van der Waals surface area contributed by atoms with E-state index in [0.29, 0.717) is 23.4 Å². The number of hydrogen-bond acceptors (Lipinski definition) is 7. The zero-order chi connectivity index (χ0) is 24.4. The number of alkyl halides is 1. The molecule has 0 N–H and O–H groups in total. The Bertz CT molecular complexity index is 1000. The van der Waals surface area contributed by atoms with Crippen LogP contribution in [0.1, 0.15) is 56.8 Å². The molecule has 2 aromatic rings. The molecule has 33 heavy (non-hydrogen) atoms. The number of rotatable bonds is 10. The van der Waals surface area contributed by atoms with Gasteiger partial charge in [-0.1, -0.05) is 22.4 Å². The van der Waals surface area contributed by atoms with Gasteiger partial charge in [-0.25, -0.2) is 14.4 Å². The predicted octanol–water partition coefficient (Wildman–Crippen LogP) is 4.67. The quantitative estimate of drug-likeness (QED) is 0.194. The third kappa shape index (κ3) is 6.64. The minimum absolute atomic E-state index is 0.0230. The molecule has 9 heteroatoms. The topological polar surface area (TPSA) is 99.2 Å². The fourth-order valence-electron chi connectivity index (χ4n) is 3.20. The van der Waals surface area contributed by atoms with Crippen LogP contribution >= 0.6 is 15.9 Å². The molecule has 0 saturated heterocycles. The number of nitrogens with zero attached hydrogens (tertiary/aromatic N) is 1. The summed E-state index contributed by atoms with van der Waals surface area (Å²) in [6.45, 7) is 0. The van der Waals surface area contributed by atoms with Crippen molar-refractivity contribution in [1.82, 2.24) is 0 Å². The van der Waals surface area contributed by atoms with Crippen molar-refractivity contribution in [3.63, 3.8) is 0 Å². The van der Waals surface area contributed by atoms with Crippen molar-refractivity contribution in [1.29, 1.82) is 0 Å². The van der Waals surface area contributed by atoms with Crippen LogP contribution < -0.4 is 4.90 Å². The fourth-order valence-corrected chi connectivity index (χ4v) is 3.60. The van der Waals surface area contributed by atoms with Crippen LogP contribution in [0.4, 0.5) is 11.4 Å². The molecule has 0 atom stereocenters. The first-order valence-electron chi connectivity index (χ1n) is 10.3. The summed E-state index contributed by atoms with van der Waals surface area (Å²) < 4.78 is 14.3. The highest BCUT2D eigenvalue weighted by molar-refractivity contribution is 9.09. The van der Waals surface area contributed by atoms with Gasteiger partial charge in [-0.3, -0.25) is 9.69 Å². The van der Waals surface area contributed by atoms with Crippen molar-refractivity contribution in [3.05, 3.63) is 59.2 Å². The Kier molecular flexibility index (Phi) is 10.1. The monoisotopic (exact) mass is 519 g/mol. The first-order chi connectivity index (χ1) is 15.9. The van der Waals surface area contributed by atoms with Gasteiger partial charge in [0.2, 0.25) is 5.91 Å². The van der Waals surface area contributed by atoms with Crippen LogP contribution in [-0.2, 0) is 19.0 Å². The average molecular weight is 520 g/mol. The van der Waals surface area contributed by atoms with Crippen molar-refractivity contribution in [2.24, 2.45) is 0 Å². The molecular formula is C24H26BrNO7. The number of carbonyl (C=O) groups excluding carboxylic acids is 4. The molecule has 0 radical (unpaired) electrons. The van der Waals surface area contributed by atoms with Gasteiger partial charge in [0.15, 0.2) is 0 Å². The standard InChI is InChI=1S/C24H26BrNO7/c1-31-22(28)16-8-10-17(11-9-16)26(21(27)7-5-4-6-14-25)18-12-13-19(23(29)32-2)20(15-18)24(30)33-3/h8-13,15H,4-7,14H2,1-3H3. The number of hydrogen-bond donors (Lipinski definition) is 0. The number of halogens is 1. The number of methoxy groups -OCH3 is 3. The van der Waals surface area contributed by atoms with Gasteiger partial charge in [-0.2, -0.15) is 0 Å². The maximum Gasteiger partial charge on any atom is 0.338 e. The van der Waals surface area contributed by atoms with Crippen molar-refractivity contribution < 1.29 is 33.4 Å². The lowest BCUT2D eigenvalue weighted by Gasteiger charge is -2.24. The zero-order valence-corrected chi connectivity index (χ0v) is 20.3. The van der Waals surface area contributed by atoms with Gasteiger partial charge in [0.05, 0.1) is 38.0 Å². The molecule has 176 valence electrons. The van der Waals surface area contributed by atoms with Crippen molar-refractivity contribution in [2.45, 2.75) is 25.7 Å². The lowest BCUT2D eigenvalue weighted by Crippen LogP contribution is -2.26. The van der Waals surface area contributed by atoms with E-state index in [9.17, 15) is 19.2 Å². The molecule has 0 bridgehead atoms. The molecule has 2 rings (SSSR count). The Morgan fingerprint density at radius 3 is 1.88 bits per heavy atom. The Morgan fingerprint density at radius 1 is 0.727 bits per heavy atom. The molecular weight excluding hydrogens is 494 g/mol. The van der Waals surface area contributed by atoms with E-state index in [1.165, 1.54) is 38.4 Å². The second-order valence-electron chi connectivity index (χ2n) is 6.98. The molecule has 1 amide bonds. The summed E-state index contributed by atoms with van der Waals surface area (Å²) in [5.74, 6) is -2.12. The van der Waals surface area contributed by atoms with Gasteiger partial charge >= 0.3 is 17.9 Å². The molecule has 0 aliphatic rings. The lowest BCUT2D eigenvalue weighted by molar-refractivity contribution is -0.118. The lowest BCUT2D eigenvalue weighted by atomic mass is 10.0. The van der Waals surface area contributed by atoms with E-state index in [1.807, 2.05) is 0 Å². The number of unbranched alkanes of at least 4 members (excludes halogenated alkanes) is 2. The highest BCUT2D eigenvalue weighted by Gasteiger charge is 2.24. The summed E-state index contributed by atoms with van der Waals surface area (Å²) in [4.78, 5) is 50.9. The van der Waals surface area contributed by atoms with E-state index in [2.05, 4.69) is 15.9 Å². The molecule has 0 unspecified atom stereocenters. The van der Waals surface area contributed by atoms with E-state index >= 15 is 0 Å². The van der Waals surface area contributed by atoms with Crippen LogP contribution in [0.3, 0.4) is 0 Å². The SMILES string of the molecule is COC(=O)c1ccc(N(C(=O)CCCCCBr)c2ccc(C(=O)OC)c(C(=O)OC)c2)cc1. The van der Waals surface area contributed by atoms with Crippen LogP contribution in [0.5, 0.6) is 0 Å². The van der Waals surface area contributed by atoms with E-state index in [1.54, 1.807) is 30.3 Å². The Labute approximate surface area is 200 Å². The summed E-state index contributed by atoms with van der Waals surface area (Å²) in [6, 6.07) is 10.7. The van der Waals surface area contributed by atoms with Crippen LogP contribution in [0.15, 0.2) is 42.5 Å². The Hall–Kier alpha value is -3.20. The fraction of sp³-hybridized carbons (Fsp3) is 0.333. The van der Waals surface area contributed by atoms with Gasteiger partial charge < -0.3 is 14.2 Å². The molecule has 0 aliphatic carbocycles. The third-order valence-corrected chi connectivity index (χ3v) is 5.45. The van der Waals surface area contributed by atoms with Crippen molar-refractivity contribution in [3.8, 4) is 0 Å². The smallest absolute Gasteiger partial charge is 0.338 e. The minimum Gasteiger partial charge on any atom is -0.465 e. The molecule has 0 saturated carbocycles. The van der Waals surface area contributed by atoms with E-state index < -0.39 is 17.9 Å². The second-order valence-corrected chi connectivity index (χ2v) is 7.77. The Balaban J connectivity index is 2.52. The number of benzene rings is 2. The number of esters is 3. The first kappa shape index (κ1) is 26.1. The Morgan fingerprint density at radius 2 is 1.30 bits per heavy atom. The summed E-state index contributed by atoms with van der Waals surface area (Å²) in [6.07, 6.45) is 2.78. The maximum atomic E-state index is 13.2. The van der Waals surface area contributed by atoms with Gasteiger partial charge in [-0.05, 0) is 55.3 Å². The van der Waals surface area contributed by atoms with Crippen LogP contribution in [0.25, 0.3) is 0 Å². The van der Waals surface area contributed by atoms with Gasteiger partial charge in [-0.15, -0.1) is 0 Å². The van der Waals surface area contributed by atoms with E-state index in [4.69, 9.17) is 14.2 Å². The number of ether oxygens (including phenoxy) is 3. The highest BCUT2D eigenvalue weighted by Crippen LogP contribution is 2.30. The van der Waals surface area contributed by atoms with Crippen LogP contribution in [0.2, 0.25) is 0 Å². The summed E-state index contributed by atoms with van der Waals surface area (Å²) in [7, 11) is 3.70. The summed E-state index contributed by atoms with van der Waals surface area (Å²) in [5, 5.41) is 0.859. The third-order valence-electron chi connectivity index (χ3n) is 4.89. The molecule has 0 spiro atoms. The van der Waals surface area contributed by atoms with Gasteiger partial charge in [0, 0.05) is 23.1 Å². The molecule has 2 aromatic carbocycles. The predicted molar refractivity (Wildman–Crippen MR) is 126 cm³/mol. The van der Waals surface area contributed by atoms with Crippen LogP contribution in [0, 0.1) is 0 Å². The van der Waals surface area contributed by atoms with Crippen LogP contribution in [-0.4, -0.2) is 50.5 Å². The molecule has 0 fully saturated rings. The number of anilines is 2. The first-order valence-corrected chi connectivity index (χ1v) is 11.4. The van der Waals surface area contributed by atoms with E-state index in [-0.39, 0.29) is 23.5 Å². The normalized spacial score (nSPS) is 10.3. The van der Waals surface area contributed by atoms with Gasteiger partial charge in [0.1, 0.15) is 0 Å². The van der Waals surface area contributed by atoms with Crippen molar-refractivity contribution >= 4 is 51.1 Å². The summed E-state index contributed by atoms with van der Waals surface area (Å²) in [5.41, 5.74) is 1.21. The van der Waals surface area contributed by atoms with E-state index in [0.717, 1.165) is 18.2 Å². The van der Waals surface area contributed by atoms with Crippen molar-refractivity contribution in [2.75, 3.05) is 31.6 Å². The zero-order valence-electron chi connectivity index (χ0n) is 18.8. The average Bonchev–Trinajstić information content (AvgIpc) is 2.85.